The summed E-state index contributed by atoms with van der Waals surface area (Å²) in [5, 5.41) is 8.16. The Morgan fingerprint density at radius 3 is 2.57 bits per heavy atom. The monoisotopic (exact) mass is 487 g/mol. The Balaban J connectivity index is 1.70. The molecule has 12 heteroatoms. The van der Waals surface area contributed by atoms with Crippen LogP contribution in [-0.2, 0) is 28.7 Å². The zero-order chi connectivity index (χ0) is 25.4. The fourth-order valence-corrected chi connectivity index (χ4v) is 3.40. The van der Waals surface area contributed by atoms with Crippen molar-refractivity contribution in [3.8, 4) is 11.5 Å². The van der Waals surface area contributed by atoms with Gasteiger partial charge in [-0.1, -0.05) is 17.3 Å². The lowest BCUT2D eigenvalue weighted by Crippen LogP contribution is -2.29. The molecule has 0 amide bonds. The summed E-state index contributed by atoms with van der Waals surface area (Å²) in [6, 6.07) is 7.88. The van der Waals surface area contributed by atoms with E-state index in [0.29, 0.717) is 0 Å². The molecule has 1 aromatic carbocycles. The van der Waals surface area contributed by atoms with Crippen molar-refractivity contribution in [3.63, 3.8) is 0 Å². The maximum Gasteiger partial charge on any atom is 0.417 e. The van der Waals surface area contributed by atoms with Gasteiger partial charge < -0.3 is 9.26 Å². The number of aromatic nitrogens is 5. The molecule has 0 unspecified atom stereocenters. The van der Waals surface area contributed by atoms with E-state index in [0.717, 1.165) is 10.7 Å². The van der Waals surface area contributed by atoms with Crippen molar-refractivity contribution < 1.29 is 27.2 Å². The zero-order valence-electron chi connectivity index (χ0n) is 19.0. The van der Waals surface area contributed by atoms with E-state index in [-0.39, 0.29) is 46.8 Å². The van der Waals surface area contributed by atoms with Crippen LogP contribution in [0.2, 0.25) is 0 Å². The van der Waals surface area contributed by atoms with E-state index in [2.05, 4.69) is 20.2 Å². The summed E-state index contributed by atoms with van der Waals surface area (Å²) in [5.74, 6) is -0.983. The first-order valence-corrected chi connectivity index (χ1v) is 10.5. The van der Waals surface area contributed by atoms with Crippen molar-refractivity contribution in [1.29, 1.82) is 0 Å². The van der Waals surface area contributed by atoms with Crippen LogP contribution in [0.15, 0.2) is 51.9 Å². The predicted molar refractivity (Wildman–Crippen MR) is 117 cm³/mol. The van der Waals surface area contributed by atoms with Crippen LogP contribution in [0.5, 0.6) is 0 Å². The maximum absolute atomic E-state index is 13.4. The van der Waals surface area contributed by atoms with E-state index in [1.54, 1.807) is 26.8 Å². The highest BCUT2D eigenvalue weighted by Crippen LogP contribution is 2.36. The Labute approximate surface area is 196 Å². The molecule has 0 aliphatic heterocycles. The van der Waals surface area contributed by atoms with Crippen molar-refractivity contribution in [1.82, 2.24) is 24.9 Å². The fraction of sp³-hybridized carbons (Fsp3) is 0.304. The molecule has 0 radical (unpaired) electrons. The molecule has 0 saturated heterocycles. The first-order valence-electron chi connectivity index (χ1n) is 10.5. The first-order chi connectivity index (χ1) is 16.4. The summed E-state index contributed by atoms with van der Waals surface area (Å²) in [6.07, 6.45) is -3.40. The van der Waals surface area contributed by atoms with Crippen molar-refractivity contribution in [2.75, 3.05) is 0 Å². The van der Waals surface area contributed by atoms with E-state index in [1.165, 1.54) is 30.5 Å². The lowest BCUT2D eigenvalue weighted by atomic mass is 10.1. The van der Waals surface area contributed by atoms with Gasteiger partial charge in [0, 0.05) is 6.20 Å². The minimum absolute atomic E-state index is 0.0713. The molecule has 0 bridgehead atoms. The van der Waals surface area contributed by atoms with E-state index < -0.39 is 28.9 Å². The van der Waals surface area contributed by atoms with Crippen molar-refractivity contribution in [3.05, 3.63) is 70.0 Å². The maximum atomic E-state index is 13.4. The highest BCUT2D eigenvalue weighted by molar-refractivity contribution is 5.83. The first kappa shape index (κ1) is 24.0. The van der Waals surface area contributed by atoms with Crippen molar-refractivity contribution in [2.45, 2.75) is 45.5 Å². The largest absolute Gasteiger partial charge is 0.460 e. The number of hydrogen-bond donors (Lipinski definition) is 0. The SMILES string of the molecule is CC(C)(C)OC(=O)Cc1nn(Cc2noc(-c3ccccc3C(F)(F)F)n2)c(=O)c2cccnc12. The number of carbonyl (C=O) groups excluding carboxylic acids is 1. The van der Waals surface area contributed by atoms with Gasteiger partial charge in [-0.25, -0.2) is 4.68 Å². The van der Waals surface area contributed by atoms with Crippen LogP contribution in [0.3, 0.4) is 0 Å². The van der Waals surface area contributed by atoms with Crippen LogP contribution >= 0.6 is 0 Å². The molecule has 3 aromatic heterocycles. The smallest absolute Gasteiger partial charge is 0.417 e. The van der Waals surface area contributed by atoms with Gasteiger partial charge in [-0.05, 0) is 45.0 Å². The Hall–Kier alpha value is -4.09. The Morgan fingerprint density at radius 2 is 1.86 bits per heavy atom. The van der Waals surface area contributed by atoms with Gasteiger partial charge in [0.05, 0.1) is 34.1 Å². The lowest BCUT2D eigenvalue weighted by molar-refractivity contribution is -0.154. The number of pyridine rings is 1. The molecule has 0 spiro atoms. The molecule has 0 N–H and O–H groups in total. The van der Waals surface area contributed by atoms with Crippen LogP contribution in [0.1, 0.15) is 37.9 Å². The lowest BCUT2D eigenvalue weighted by Gasteiger charge is -2.19. The van der Waals surface area contributed by atoms with Crippen molar-refractivity contribution >= 4 is 16.9 Å². The Kier molecular flexibility index (Phi) is 6.14. The third-order valence-electron chi connectivity index (χ3n) is 4.74. The summed E-state index contributed by atoms with van der Waals surface area (Å²) in [6.45, 7) is 4.86. The standard InChI is InChI=1S/C23H20F3N5O4/c1-22(2,3)34-18(32)11-16-19-14(8-6-10-27-19)21(33)31(29-16)12-17-28-20(35-30-17)13-7-4-5-9-15(13)23(24,25)26/h4-10H,11-12H2,1-3H3. The zero-order valence-corrected chi connectivity index (χ0v) is 19.0. The molecule has 0 aliphatic rings. The molecule has 9 nitrogen and oxygen atoms in total. The molecule has 3 heterocycles. The normalized spacial score (nSPS) is 12.2. The van der Waals surface area contributed by atoms with Crippen molar-refractivity contribution in [2.24, 2.45) is 0 Å². The second-order valence-corrected chi connectivity index (χ2v) is 8.63. The van der Waals surface area contributed by atoms with Gasteiger partial charge in [-0.3, -0.25) is 14.6 Å². The van der Waals surface area contributed by atoms with Crippen LogP contribution in [-0.4, -0.2) is 36.5 Å². The van der Waals surface area contributed by atoms with Crippen LogP contribution in [0.25, 0.3) is 22.4 Å². The molecular formula is C23H20F3N5O4. The Bertz CT molecular complexity index is 1450. The summed E-state index contributed by atoms with van der Waals surface area (Å²) in [7, 11) is 0. The summed E-state index contributed by atoms with van der Waals surface area (Å²) < 4.78 is 51.5. The van der Waals surface area contributed by atoms with Gasteiger partial charge in [-0.2, -0.15) is 23.3 Å². The summed E-state index contributed by atoms with van der Waals surface area (Å²) in [4.78, 5) is 33.6. The summed E-state index contributed by atoms with van der Waals surface area (Å²) in [5.41, 5.74) is -2.03. The topological polar surface area (TPSA) is 113 Å². The number of halogens is 3. The third-order valence-corrected chi connectivity index (χ3v) is 4.74. The van der Waals surface area contributed by atoms with Crippen LogP contribution in [0.4, 0.5) is 13.2 Å². The molecule has 4 aromatic rings. The van der Waals surface area contributed by atoms with Crippen LogP contribution in [0, 0.1) is 0 Å². The minimum Gasteiger partial charge on any atom is -0.460 e. The molecule has 4 rings (SSSR count). The van der Waals surface area contributed by atoms with Gasteiger partial charge in [-0.15, -0.1) is 0 Å². The van der Waals surface area contributed by atoms with Gasteiger partial charge in [0.15, 0.2) is 5.82 Å². The molecule has 35 heavy (non-hydrogen) atoms. The number of fused-ring (bicyclic) bond motifs is 1. The summed E-state index contributed by atoms with van der Waals surface area (Å²) >= 11 is 0. The molecule has 0 atom stereocenters. The van der Waals surface area contributed by atoms with E-state index >= 15 is 0 Å². The second-order valence-electron chi connectivity index (χ2n) is 8.63. The van der Waals surface area contributed by atoms with E-state index in [4.69, 9.17) is 9.26 Å². The highest BCUT2D eigenvalue weighted by Gasteiger charge is 2.35. The third kappa shape index (κ3) is 5.36. The molecule has 0 aliphatic carbocycles. The molecule has 0 fully saturated rings. The molecule has 182 valence electrons. The van der Waals surface area contributed by atoms with Crippen LogP contribution < -0.4 is 5.56 Å². The van der Waals surface area contributed by atoms with E-state index in [1.807, 2.05) is 0 Å². The van der Waals surface area contributed by atoms with Gasteiger partial charge in [0.25, 0.3) is 11.4 Å². The predicted octanol–water partition coefficient (Wildman–Crippen LogP) is 3.79. The van der Waals surface area contributed by atoms with Gasteiger partial charge >= 0.3 is 12.1 Å². The number of alkyl halides is 3. The number of benzene rings is 1. The average Bonchev–Trinajstić information content (AvgIpc) is 3.23. The molecular weight excluding hydrogens is 467 g/mol. The minimum atomic E-state index is -4.62. The number of carbonyl (C=O) groups is 1. The number of rotatable bonds is 5. The number of ether oxygens (including phenoxy) is 1. The number of hydrogen-bond acceptors (Lipinski definition) is 8. The number of esters is 1. The highest BCUT2D eigenvalue weighted by atomic mass is 19.4. The number of nitrogens with zero attached hydrogens (tertiary/aromatic N) is 5. The Morgan fingerprint density at radius 1 is 1.11 bits per heavy atom. The van der Waals surface area contributed by atoms with E-state index in [9.17, 15) is 22.8 Å². The van der Waals surface area contributed by atoms with Gasteiger partial charge in [0.1, 0.15) is 12.1 Å². The fourth-order valence-electron chi connectivity index (χ4n) is 3.40. The molecule has 0 saturated carbocycles. The quantitative estimate of drug-likeness (QED) is 0.391. The average molecular weight is 487 g/mol. The second kappa shape index (κ2) is 8.93. The van der Waals surface area contributed by atoms with Gasteiger partial charge in [0.2, 0.25) is 0 Å².